The summed E-state index contributed by atoms with van der Waals surface area (Å²) in [4.78, 5) is 0. The van der Waals surface area contributed by atoms with Crippen LogP contribution in [0.2, 0.25) is 0 Å². The number of hydrogen-bond donors (Lipinski definition) is 0. The average Bonchev–Trinajstić information content (AvgIpc) is 2.85. The van der Waals surface area contributed by atoms with Crippen LogP contribution in [0.1, 0.15) is 18.1 Å². The summed E-state index contributed by atoms with van der Waals surface area (Å²) >= 11 is 0. The maximum atomic E-state index is 8.80. The fourth-order valence-electron chi connectivity index (χ4n) is 1.31. The molecule has 0 saturated carbocycles. The van der Waals surface area contributed by atoms with Gasteiger partial charge in [0.15, 0.2) is 0 Å². The second-order valence-corrected chi connectivity index (χ2v) is 3.18. The van der Waals surface area contributed by atoms with E-state index in [0.717, 1.165) is 17.7 Å². The highest BCUT2D eigenvalue weighted by atomic mass is 16.6. The smallest absolute Gasteiger partial charge is 0.115 e. The van der Waals surface area contributed by atoms with Crippen molar-refractivity contribution in [2.24, 2.45) is 0 Å². The van der Waals surface area contributed by atoms with Crippen molar-refractivity contribution in [2.75, 3.05) is 6.61 Å². The van der Waals surface area contributed by atoms with Gasteiger partial charge in [-0.15, -0.1) is 0 Å². The van der Waals surface area contributed by atoms with Gasteiger partial charge in [0.1, 0.15) is 5.60 Å². The Labute approximate surface area is 71.4 Å². The van der Waals surface area contributed by atoms with E-state index in [0.29, 0.717) is 0 Å². The lowest BCUT2D eigenvalue weighted by Crippen LogP contribution is -2.04. The fourth-order valence-corrected chi connectivity index (χ4v) is 1.31. The number of ether oxygens (including phenoxy) is 1. The molecule has 60 valence electrons. The molecule has 1 aliphatic rings. The first-order valence-corrected chi connectivity index (χ1v) is 3.90. The molecule has 1 saturated heterocycles. The highest BCUT2D eigenvalue weighted by Gasteiger charge is 2.42. The number of rotatable bonds is 1. The minimum atomic E-state index is -0.188. The van der Waals surface area contributed by atoms with Gasteiger partial charge in [-0.1, -0.05) is 18.2 Å². The Hall–Kier alpha value is -1.33. The molecule has 1 aromatic carbocycles. The van der Waals surface area contributed by atoms with E-state index in [9.17, 15) is 0 Å². The van der Waals surface area contributed by atoms with E-state index in [1.165, 1.54) is 0 Å². The molecule has 0 bridgehead atoms. The molecular formula is C10H9NO. The van der Waals surface area contributed by atoms with Crippen molar-refractivity contribution in [1.29, 1.82) is 5.26 Å². The van der Waals surface area contributed by atoms with Crippen LogP contribution in [-0.2, 0) is 10.3 Å². The predicted molar refractivity (Wildman–Crippen MR) is 44.5 cm³/mol. The normalized spacial score (nSPS) is 26.3. The van der Waals surface area contributed by atoms with Crippen molar-refractivity contribution in [3.05, 3.63) is 35.4 Å². The molecule has 0 aliphatic carbocycles. The first kappa shape index (κ1) is 7.33. The summed E-state index contributed by atoms with van der Waals surface area (Å²) in [6.45, 7) is 2.73. The van der Waals surface area contributed by atoms with Gasteiger partial charge in [-0.05, 0) is 13.0 Å². The number of epoxide rings is 1. The molecule has 0 radical (unpaired) electrons. The Kier molecular flexibility index (Phi) is 1.42. The zero-order valence-corrected chi connectivity index (χ0v) is 6.87. The lowest BCUT2D eigenvalue weighted by molar-refractivity contribution is 0.329. The Morgan fingerprint density at radius 1 is 1.50 bits per heavy atom. The summed E-state index contributed by atoms with van der Waals surface area (Å²) < 4.78 is 5.27. The largest absolute Gasteiger partial charge is 0.365 e. The second-order valence-electron chi connectivity index (χ2n) is 3.18. The van der Waals surface area contributed by atoms with Crippen molar-refractivity contribution in [2.45, 2.75) is 12.5 Å². The predicted octanol–water partition coefficient (Wildman–Crippen LogP) is 1.80. The first-order valence-electron chi connectivity index (χ1n) is 3.90. The van der Waals surface area contributed by atoms with Gasteiger partial charge >= 0.3 is 0 Å². The maximum absolute atomic E-state index is 8.80. The van der Waals surface area contributed by atoms with Crippen LogP contribution < -0.4 is 0 Å². The molecule has 0 spiro atoms. The molecule has 2 rings (SSSR count). The standard InChI is InChI=1S/C10H9NO/c1-10(7-12-10)9-5-3-2-4-8(9)6-11/h2-5H,7H2,1H3. The molecule has 0 aromatic heterocycles. The third-order valence-electron chi connectivity index (χ3n) is 2.19. The van der Waals surface area contributed by atoms with E-state index < -0.39 is 0 Å². The minimum absolute atomic E-state index is 0.188. The van der Waals surface area contributed by atoms with E-state index in [-0.39, 0.29) is 5.60 Å². The molecule has 2 nitrogen and oxygen atoms in total. The van der Waals surface area contributed by atoms with Crippen molar-refractivity contribution in [3.63, 3.8) is 0 Å². The molecule has 1 unspecified atom stereocenters. The van der Waals surface area contributed by atoms with Crippen LogP contribution in [0.4, 0.5) is 0 Å². The van der Waals surface area contributed by atoms with Crippen molar-refractivity contribution < 1.29 is 4.74 Å². The highest BCUT2D eigenvalue weighted by molar-refractivity contribution is 5.42. The van der Waals surface area contributed by atoms with Crippen molar-refractivity contribution in [3.8, 4) is 6.07 Å². The quantitative estimate of drug-likeness (QED) is 0.586. The summed E-state index contributed by atoms with van der Waals surface area (Å²) in [5.74, 6) is 0. The monoisotopic (exact) mass is 159 g/mol. The summed E-state index contributed by atoms with van der Waals surface area (Å²) in [5.41, 5.74) is 1.54. The second kappa shape index (κ2) is 2.33. The number of nitriles is 1. The lowest BCUT2D eigenvalue weighted by atomic mass is 9.97. The molecule has 1 aliphatic heterocycles. The van der Waals surface area contributed by atoms with E-state index in [4.69, 9.17) is 10.00 Å². The zero-order valence-electron chi connectivity index (χ0n) is 6.87. The van der Waals surface area contributed by atoms with Crippen LogP contribution in [0.3, 0.4) is 0 Å². The Balaban J connectivity index is 2.50. The molecule has 12 heavy (non-hydrogen) atoms. The Bertz CT molecular complexity index is 347. The topological polar surface area (TPSA) is 36.3 Å². The van der Waals surface area contributed by atoms with Crippen LogP contribution >= 0.6 is 0 Å². The number of benzene rings is 1. The van der Waals surface area contributed by atoms with Gasteiger partial charge in [-0.3, -0.25) is 0 Å². The van der Waals surface area contributed by atoms with Crippen LogP contribution in [-0.4, -0.2) is 6.61 Å². The van der Waals surface area contributed by atoms with E-state index in [1.807, 2.05) is 31.2 Å². The lowest BCUT2D eigenvalue weighted by Gasteiger charge is -2.06. The van der Waals surface area contributed by atoms with Gasteiger partial charge in [0.2, 0.25) is 0 Å². The van der Waals surface area contributed by atoms with Gasteiger partial charge in [0.05, 0.1) is 18.2 Å². The summed E-state index contributed by atoms with van der Waals surface area (Å²) in [5, 5.41) is 8.80. The van der Waals surface area contributed by atoms with Crippen molar-refractivity contribution >= 4 is 0 Å². The fraction of sp³-hybridized carbons (Fsp3) is 0.300. The minimum Gasteiger partial charge on any atom is -0.365 e. The summed E-state index contributed by atoms with van der Waals surface area (Å²) in [6, 6.07) is 9.74. The molecule has 1 fully saturated rings. The molecule has 0 amide bonds. The van der Waals surface area contributed by atoms with Crippen molar-refractivity contribution in [1.82, 2.24) is 0 Å². The summed E-state index contributed by atoms with van der Waals surface area (Å²) in [7, 11) is 0. The Morgan fingerprint density at radius 3 is 2.75 bits per heavy atom. The van der Waals surface area contributed by atoms with Gasteiger partial charge in [-0.25, -0.2) is 0 Å². The van der Waals surface area contributed by atoms with Gasteiger partial charge < -0.3 is 4.74 Å². The molecule has 2 heteroatoms. The summed E-state index contributed by atoms with van der Waals surface area (Å²) in [6.07, 6.45) is 0. The highest BCUT2D eigenvalue weighted by Crippen LogP contribution is 2.39. The Morgan fingerprint density at radius 2 is 2.17 bits per heavy atom. The SMILES string of the molecule is CC1(c2ccccc2C#N)CO1. The van der Waals surface area contributed by atoms with Gasteiger partial charge in [0.25, 0.3) is 0 Å². The van der Waals surface area contributed by atoms with E-state index in [1.54, 1.807) is 0 Å². The third kappa shape index (κ3) is 0.992. The molecule has 0 N–H and O–H groups in total. The van der Waals surface area contributed by atoms with E-state index in [2.05, 4.69) is 6.07 Å². The number of nitrogens with zero attached hydrogens (tertiary/aromatic N) is 1. The average molecular weight is 159 g/mol. The number of hydrogen-bond acceptors (Lipinski definition) is 2. The first-order chi connectivity index (χ1) is 5.76. The maximum Gasteiger partial charge on any atom is 0.115 e. The van der Waals surface area contributed by atoms with Crippen LogP contribution in [0.5, 0.6) is 0 Å². The van der Waals surface area contributed by atoms with Crippen LogP contribution in [0.15, 0.2) is 24.3 Å². The van der Waals surface area contributed by atoms with Crippen LogP contribution in [0.25, 0.3) is 0 Å². The zero-order chi connectivity index (χ0) is 8.60. The van der Waals surface area contributed by atoms with Gasteiger partial charge in [0, 0.05) is 5.56 Å². The molecular weight excluding hydrogens is 150 g/mol. The van der Waals surface area contributed by atoms with Gasteiger partial charge in [-0.2, -0.15) is 5.26 Å². The third-order valence-corrected chi connectivity index (χ3v) is 2.19. The molecule has 1 heterocycles. The molecule has 1 atom stereocenters. The molecule has 1 aromatic rings. The van der Waals surface area contributed by atoms with Crippen LogP contribution in [0, 0.1) is 11.3 Å². The van der Waals surface area contributed by atoms with E-state index >= 15 is 0 Å².